The molecular formula is C18H11F5N4O. The molecule has 0 aliphatic carbocycles. The van der Waals surface area contributed by atoms with Crippen LogP contribution < -0.4 is 10.6 Å². The number of carbonyl (C=O) groups is 1. The number of anilines is 3. The quantitative estimate of drug-likeness (QED) is 0.626. The SMILES string of the molecule is O=C(Nc1c(F)cccc1F)c1ccc(Nc2ccc(C(F)(F)F)cc2)nn1. The Kier molecular flexibility index (Phi) is 5.21. The first-order valence-electron chi connectivity index (χ1n) is 7.77. The number of alkyl halides is 3. The molecule has 0 radical (unpaired) electrons. The maximum Gasteiger partial charge on any atom is 0.416 e. The van der Waals surface area contributed by atoms with Crippen LogP contribution in [0.25, 0.3) is 0 Å². The summed E-state index contributed by atoms with van der Waals surface area (Å²) in [5, 5.41) is 12.1. The van der Waals surface area contributed by atoms with Crippen molar-refractivity contribution in [1.82, 2.24) is 10.2 Å². The predicted molar refractivity (Wildman–Crippen MR) is 91.1 cm³/mol. The van der Waals surface area contributed by atoms with Crippen molar-refractivity contribution in [3.8, 4) is 0 Å². The molecular weight excluding hydrogens is 383 g/mol. The van der Waals surface area contributed by atoms with E-state index in [1.165, 1.54) is 24.3 Å². The molecule has 0 unspecified atom stereocenters. The van der Waals surface area contributed by atoms with Crippen LogP contribution in [0.1, 0.15) is 16.1 Å². The van der Waals surface area contributed by atoms with Crippen molar-refractivity contribution < 1.29 is 26.7 Å². The van der Waals surface area contributed by atoms with Crippen molar-refractivity contribution in [2.45, 2.75) is 6.18 Å². The van der Waals surface area contributed by atoms with Gasteiger partial charge in [0.1, 0.15) is 17.3 Å². The Balaban J connectivity index is 1.68. The lowest BCUT2D eigenvalue weighted by Crippen LogP contribution is -2.16. The Hall–Kier alpha value is -3.56. The van der Waals surface area contributed by atoms with Gasteiger partial charge in [0.15, 0.2) is 11.5 Å². The smallest absolute Gasteiger partial charge is 0.339 e. The van der Waals surface area contributed by atoms with Gasteiger partial charge in [-0.05, 0) is 48.5 Å². The predicted octanol–water partition coefficient (Wildman–Crippen LogP) is 4.77. The van der Waals surface area contributed by atoms with Crippen LogP contribution in [0.2, 0.25) is 0 Å². The summed E-state index contributed by atoms with van der Waals surface area (Å²) in [5.74, 6) is -2.60. The third kappa shape index (κ3) is 4.40. The van der Waals surface area contributed by atoms with E-state index in [4.69, 9.17) is 0 Å². The Morgan fingerprint density at radius 3 is 2.04 bits per heavy atom. The first-order valence-corrected chi connectivity index (χ1v) is 7.77. The van der Waals surface area contributed by atoms with Crippen LogP contribution in [0.3, 0.4) is 0 Å². The third-order valence-electron chi connectivity index (χ3n) is 3.58. The number of hydrogen-bond acceptors (Lipinski definition) is 4. The number of amides is 1. The van der Waals surface area contributed by atoms with Gasteiger partial charge in [-0.15, -0.1) is 10.2 Å². The fraction of sp³-hybridized carbons (Fsp3) is 0.0556. The van der Waals surface area contributed by atoms with Gasteiger partial charge in [0.25, 0.3) is 5.91 Å². The maximum absolute atomic E-state index is 13.6. The van der Waals surface area contributed by atoms with E-state index < -0.39 is 35.0 Å². The first-order chi connectivity index (χ1) is 13.2. The molecule has 28 heavy (non-hydrogen) atoms. The standard InChI is InChI=1S/C18H11F5N4O/c19-12-2-1-3-13(20)16(12)25-17(28)14-8-9-15(27-26-14)24-11-6-4-10(5-7-11)18(21,22)23/h1-9H,(H,24,27)(H,25,28). The number of benzene rings is 2. The Morgan fingerprint density at radius 2 is 1.50 bits per heavy atom. The van der Waals surface area contributed by atoms with E-state index in [9.17, 15) is 26.7 Å². The molecule has 1 heterocycles. The van der Waals surface area contributed by atoms with Gasteiger partial charge in [-0.25, -0.2) is 8.78 Å². The highest BCUT2D eigenvalue weighted by molar-refractivity contribution is 6.02. The summed E-state index contributed by atoms with van der Waals surface area (Å²) in [6.45, 7) is 0. The van der Waals surface area contributed by atoms with Gasteiger partial charge in [0.05, 0.1) is 5.56 Å². The fourth-order valence-corrected chi connectivity index (χ4v) is 2.21. The van der Waals surface area contributed by atoms with Gasteiger partial charge in [-0.2, -0.15) is 13.2 Å². The molecule has 0 bridgehead atoms. The molecule has 0 aliphatic heterocycles. The van der Waals surface area contributed by atoms with Crippen LogP contribution in [0.4, 0.5) is 39.1 Å². The summed E-state index contributed by atoms with van der Waals surface area (Å²) in [7, 11) is 0. The average molecular weight is 394 g/mol. The van der Waals surface area contributed by atoms with Crippen LogP contribution in [0.15, 0.2) is 54.6 Å². The molecule has 10 heteroatoms. The normalized spacial score (nSPS) is 11.2. The van der Waals surface area contributed by atoms with Gasteiger partial charge in [0, 0.05) is 5.69 Å². The topological polar surface area (TPSA) is 66.9 Å². The fourth-order valence-electron chi connectivity index (χ4n) is 2.21. The zero-order valence-corrected chi connectivity index (χ0v) is 13.9. The van der Waals surface area contributed by atoms with Crippen molar-refractivity contribution in [3.63, 3.8) is 0 Å². The summed E-state index contributed by atoms with van der Waals surface area (Å²) < 4.78 is 64.8. The molecule has 1 aromatic heterocycles. The number of nitrogens with one attached hydrogen (secondary N) is 2. The van der Waals surface area contributed by atoms with Gasteiger partial charge in [-0.1, -0.05) is 6.07 Å². The van der Waals surface area contributed by atoms with E-state index in [0.29, 0.717) is 5.69 Å². The molecule has 0 atom stereocenters. The molecule has 1 amide bonds. The van der Waals surface area contributed by atoms with Crippen LogP contribution in [-0.2, 0) is 6.18 Å². The second-order valence-corrected chi connectivity index (χ2v) is 5.55. The lowest BCUT2D eigenvalue weighted by Gasteiger charge is -2.09. The number of para-hydroxylation sites is 1. The molecule has 3 rings (SSSR count). The minimum absolute atomic E-state index is 0.161. The Labute approximate surface area is 155 Å². The number of aromatic nitrogens is 2. The van der Waals surface area contributed by atoms with Crippen molar-refractivity contribution in [2.24, 2.45) is 0 Å². The van der Waals surface area contributed by atoms with Gasteiger partial charge in [-0.3, -0.25) is 4.79 Å². The van der Waals surface area contributed by atoms with Crippen LogP contribution >= 0.6 is 0 Å². The second-order valence-electron chi connectivity index (χ2n) is 5.55. The van der Waals surface area contributed by atoms with E-state index in [1.54, 1.807) is 0 Å². The van der Waals surface area contributed by atoms with Crippen LogP contribution in [-0.4, -0.2) is 16.1 Å². The van der Waals surface area contributed by atoms with Gasteiger partial charge in [0.2, 0.25) is 0 Å². The highest BCUT2D eigenvalue weighted by Gasteiger charge is 2.29. The summed E-state index contributed by atoms with van der Waals surface area (Å²) in [6, 6.07) is 9.95. The van der Waals surface area contributed by atoms with E-state index in [-0.39, 0.29) is 11.5 Å². The molecule has 144 valence electrons. The number of nitrogens with zero attached hydrogens (tertiary/aromatic N) is 2. The van der Waals surface area contributed by atoms with Crippen molar-refractivity contribution in [2.75, 3.05) is 10.6 Å². The van der Waals surface area contributed by atoms with E-state index in [2.05, 4.69) is 20.8 Å². The number of carbonyl (C=O) groups excluding carboxylic acids is 1. The van der Waals surface area contributed by atoms with Crippen molar-refractivity contribution in [1.29, 1.82) is 0 Å². The van der Waals surface area contributed by atoms with Crippen molar-refractivity contribution in [3.05, 3.63) is 77.5 Å². The highest BCUT2D eigenvalue weighted by atomic mass is 19.4. The summed E-state index contributed by atoms with van der Waals surface area (Å²) in [5.41, 5.74) is -1.29. The minimum atomic E-state index is -4.44. The van der Waals surface area contributed by atoms with E-state index >= 15 is 0 Å². The van der Waals surface area contributed by atoms with Gasteiger partial charge < -0.3 is 10.6 Å². The summed E-state index contributed by atoms with van der Waals surface area (Å²) in [6.07, 6.45) is -4.44. The molecule has 0 saturated carbocycles. The molecule has 3 aromatic rings. The monoisotopic (exact) mass is 394 g/mol. The Morgan fingerprint density at radius 1 is 0.857 bits per heavy atom. The van der Waals surface area contributed by atoms with Crippen molar-refractivity contribution >= 4 is 23.1 Å². The lowest BCUT2D eigenvalue weighted by atomic mass is 10.2. The molecule has 0 fully saturated rings. The van der Waals surface area contributed by atoms with E-state index in [1.807, 2.05) is 0 Å². The number of halogens is 5. The largest absolute Gasteiger partial charge is 0.416 e. The van der Waals surface area contributed by atoms with E-state index in [0.717, 1.165) is 30.3 Å². The third-order valence-corrected chi connectivity index (χ3v) is 3.58. The highest BCUT2D eigenvalue weighted by Crippen LogP contribution is 2.30. The van der Waals surface area contributed by atoms with Crippen LogP contribution in [0, 0.1) is 11.6 Å². The number of hydrogen-bond donors (Lipinski definition) is 2. The maximum atomic E-state index is 13.6. The first kappa shape index (κ1) is 19.2. The molecule has 0 aliphatic rings. The summed E-state index contributed by atoms with van der Waals surface area (Å²) >= 11 is 0. The van der Waals surface area contributed by atoms with Gasteiger partial charge >= 0.3 is 6.18 Å². The lowest BCUT2D eigenvalue weighted by molar-refractivity contribution is -0.137. The average Bonchev–Trinajstić information content (AvgIpc) is 2.65. The zero-order valence-electron chi connectivity index (χ0n) is 13.9. The Bertz CT molecular complexity index is 968. The minimum Gasteiger partial charge on any atom is -0.339 e. The molecule has 0 saturated heterocycles. The molecule has 2 N–H and O–H groups in total. The molecule has 0 spiro atoms. The zero-order chi connectivity index (χ0) is 20.3. The second kappa shape index (κ2) is 7.59. The van der Waals surface area contributed by atoms with Crippen LogP contribution in [0.5, 0.6) is 0 Å². The molecule has 5 nitrogen and oxygen atoms in total. The number of rotatable bonds is 4. The summed E-state index contributed by atoms with van der Waals surface area (Å²) in [4.78, 5) is 12.0. The molecule has 2 aromatic carbocycles.